The Labute approximate surface area is 131 Å². The van der Waals surface area contributed by atoms with E-state index in [2.05, 4.69) is 4.90 Å². The normalized spacial score (nSPS) is 15.5. The fourth-order valence-corrected chi connectivity index (χ4v) is 2.42. The predicted molar refractivity (Wildman–Crippen MR) is 84.3 cm³/mol. The number of nitrogen functional groups attached to an aromatic ring is 1. The Balaban J connectivity index is 1.86. The van der Waals surface area contributed by atoms with Gasteiger partial charge in [-0.3, -0.25) is 4.90 Å². The van der Waals surface area contributed by atoms with E-state index >= 15 is 0 Å². The summed E-state index contributed by atoms with van der Waals surface area (Å²) in [5.74, 6) is 0.202. The number of hydrogen-bond donors (Lipinski definition) is 1. The molecule has 0 atom stereocenters. The number of morpholine rings is 1. The molecule has 2 rings (SSSR count). The van der Waals surface area contributed by atoms with Gasteiger partial charge in [-0.2, -0.15) is 0 Å². The van der Waals surface area contributed by atoms with Crippen LogP contribution < -0.4 is 10.5 Å². The average Bonchev–Trinajstić information content (AvgIpc) is 2.55. The molecule has 0 unspecified atom stereocenters. The molecule has 0 spiro atoms. The van der Waals surface area contributed by atoms with Crippen molar-refractivity contribution in [1.82, 2.24) is 4.90 Å². The summed E-state index contributed by atoms with van der Waals surface area (Å²) in [7, 11) is 1.35. The van der Waals surface area contributed by atoms with Crippen LogP contribution in [0.5, 0.6) is 5.75 Å². The molecule has 1 aliphatic heterocycles. The summed E-state index contributed by atoms with van der Waals surface area (Å²) in [5.41, 5.74) is 7.62. The minimum Gasteiger partial charge on any atom is -0.493 e. The van der Waals surface area contributed by atoms with Gasteiger partial charge in [0.25, 0.3) is 0 Å². The number of benzene rings is 1. The summed E-state index contributed by atoms with van der Waals surface area (Å²) in [6.45, 7) is 6.92. The summed E-state index contributed by atoms with van der Waals surface area (Å²) in [5, 5.41) is 0. The largest absolute Gasteiger partial charge is 0.493 e. The SMILES string of the molecule is COC(=O)c1cc(OCCCN2CCOCC2)cc(N)c1C. The molecule has 1 heterocycles. The highest BCUT2D eigenvalue weighted by Crippen LogP contribution is 2.24. The molecule has 0 amide bonds. The zero-order valence-corrected chi connectivity index (χ0v) is 13.3. The molecule has 0 saturated carbocycles. The number of nitrogens with zero attached hydrogens (tertiary/aromatic N) is 1. The lowest BCUT2D eigenvalue weighted by Gasteiger charge is -2.26. The number of methoxy groups -OCH3 is 1. The summed E-state index contributed by atoms with van der Waals surface area (Å²) >= 11 is 0. The number of carbonyl (C=O) groups is 1. The molecule has 0 radical (unpaired) electrons. The molecule has 0 bridgehead atoms. The highest BCUT2D eigenvalue weighted by atomic mass is 16.5. The molecule has 0 aromatic heterocycles. The van der Waals surface area contributed by atoms with E-state index in [9.17, 15) is 4.79 Å². The van der Waals surface area contributed by atoms with Crippen molar-refractivity contribution in [2.24, 2.45) is 0 Å². The van der Waals surface area contributed by atoms with Crippen LogP contribution in [0.3, 0.4) is 0 Å². The van der Waals surface area contributed by atoms with Crippen molar-refractivity contribution >= 4 is 11.7 Å². The predicted octanol–water partition coefficient (Wildman–Crippen LogP) is 1.46. The summed E-state index contributed by atoms with van der Waals surface area (Å²) in [4.78, 5) is 14.1. The topological polar surface area (TPSA) is 74.0 Å². The first-order valence-corrected chi connectivity index (χ1v) is 7.53. The Hall–Kier alpha value is -1.79. The number of hydrogen-bond acceptors (Lipinski definition) is 6. The lowest BCUT2D eigenvalue weighted by atomic mass is 10.1. The molecule has 22 heavy (non-hydrogen) atoms. The van der Waals surface area contributed by atoms with Crippen LogP contribution in [-0.2, 0) is 9.47 Å². The van der Waals surface area contributed by atoms with Gasteiger partial charge in [-0.05, 0) is 25.0 Å². The standard InChI is InChI=1S/C16H24N2O4/c1-12-14(16(19)20-2)10-13(11-15(12)17)22-7-3-4-18-5-8-21-9-6-18/h10-11H,3-9,17H2,1-2H3. The number of carbonyl (C=O) groups excluding carboxylic acids is 1. The van der Waals surface area contributed by atoms with Crippen LogP contribution in [0, 0.1) is 6.92 Å². The molecule has 122 valence electrons. The van der Waals surface area contributed by atoms with E-state index in [4.69, 9.17) is 19.9 Å². The number of ether oxygens (including phenoxy) is 3. The van der Waals surface area contributed by atoms with Gasteiger partial charge in [0.15, 0.2) is 0 Å². The Kier molecular flexibility index (Phi) is 6.03. The fourth-order valence-electron chi connectivity index (χ4n) is 2.42. The summed E-state index contributed by atoms with van der Waals surface area (Å²) in [6, 6.07) is 3.43. The average molecular weight is 308 g/mol. The number of anilines is 1. The number of esters is 1. The maximum Gasteiger partial charge on any atom is 0.338 e. The van der Waals surface area contributed by atoms with Crippen LogP contribution in [0.4, 0.5) is 5.69 Å². The first-order valence-electron chi connectivity index (χ1n) is 7.53. The van der Waals surface area contributed by atoms with Gasteiger partial charge in [0, 0.05) is 31.4 Å². The van der Waals surface area contributed by atoms with Crippen molar-refractivity contribution in [2.75, 3.05) is 52.3 Å². The van der Waals surface area contributed by atoms with Crippen LogP contribution in [0.2, 0.25) is 0 Å². The van der Waals surface area contributed by atoms with Crippen LogP contribution in [0.1, 0.15) is 22.3 Å². The van der Waals surface area contributed by atoms with E-state index in [1.165, 1.54) is 7.11 Å². The quantitative estimate of drug-likeness (QED) is 0.487. The molecule has 2 N–H and O–H groups in total. The monoisotopic (exact) mass is 308 g/mol. The fraction of sp³-hybridized carbons (Fsp3) is 0.562. The van der Waals surface area contributed by atoms with E-state index in [1.54, 1.807) is 19.1 Å². The van der Waals surface area contributed by atoms with Crippen LogP contribution >= 0.6 is 0 Å². The Morgan fingerprint density at radius 1 is 1.36 bits per heavy atom. The van der Waals surface area contributed by atoms with Crippen molar-refractivity contribution in [3.05, 3.63) is 23.3 Å². The summed E-state index contributed by atoms with van der Waals surface area (Å²) in [6.07, 6.45) is 0.918. The third kappa shape index (κ3) is 4.35. The second-order valence-electron chi connectivity index (χ2n) is 5.33. The van der Waals surface area contributed by atoms with Crippen molar-refractivity contribution in [3.8, 4) is 5.75 Å². The van der Waals surface area contributed by atoms with E-state index in [-0.39, 0.29) is 0 Å². The van der Waals surface area contributed by atoms with Crippen LogP contribution in [0.15, 0.2) is 12.1 Å². The third-order valence-corrected chi connectivity index (χ3v) is 3.82. The van der Waals surface area contributed by atoms with Gasteiger partial charge in [0.05, 0.1) is 32.5 Å². The molecule has 1 aliphatic rings. The van der Waals surface area contributed by atoms with E-state index in [0.29, 0.717) is 29.2 Å². The summed E-state index contributed by atoms with van der Waals surface area (Å²) < 4.78 is 15.8. The molecule has 6 nitrogen and oxygen atoms in total. The van der Waals surface area contributed by atoms with Gasteiger partial charge >= 0.3 is 5.97 Å². The van der Waals surface area contributed by atoms with Crippen LogP contribution in [-0.4, -0.2) is 57.4 Å². The highest BCUT2D eigenvalue weighted by Gasteiger charge is 2.14. The van der Waals surface area contributed by atoms with Gasteiger partial charge in [-0.1, -0.05) is 0 Å². The molecular weight excluding hydrogens is 284 g/mol. The lowest BCUT2D eigenvalue weighted by molar-refractivity contribution is 0.0358. The third-order valence-electron chi connectivity index (χ3n) is 3.82. The van der Waals surface area contributed by atoms with Gasteiger partial charge < -0.3 is 19.9 Å². The number of rotatable bonds is 6. The second-order valence-corrected chi connectivity index (χ2v) is 5.33. The molecule has 1 aromatic carbocycles. The maximum atomic E-state index is 11.7. The molecule has 6 heteroatoms. The molecule has 1 fully saturated rings. The maximum absolute atomic E-state index is 11.7. The Morgan fingerprint density at radius 2 is 2.09 bits per heavy atom. The van der Waals surface area contributed by atoms with Gasteiger partial charge in [0.1, 0.15) is 5.75 Å². The molecular formula is C16H24N2O4. The smallest absolute Gasteiger partial charge is 0.338 e. The zero-order chi connectivity index (χ0) is 15.9. The van der Waals surface area contributed by atoms with Crippen molar-refractivity contribution < 1.29 is 19.0 Å². The van der Waals surface area contributed by atoms with Gasteiger partial charge in [0.2, 0.25) is 0 Å². The molecule has 1 saturated heterocycles. The Morgan fingerprint density at radius 3 is 2.77 bits per heavy atom. The number of nitrogens with two attached hydrogens (primary N) is 1. The van der Waals surface area contributed by atoms with E-state index in [0.717, 1.165) is 39.3 Å². The molecule has 0 aliphatic carbocycles. The lowest BCUT2D eigenvalue weighted by Crippen LogP contribution is -2.37. The van der Waals surface area contributed by atoms with Crippen LogP contribution in [0.25, 0.3) is 0 Å². The Bertz CT molecular complexity index is 513. The van der Waals surface area contributed by atoms with E-state index in [1.807, 2.05) is 0 Å². The second kappa shape index (κ2) is 8.00. The van der Waals surface area contributed by atoms with Gasteiger partial charge in [-0.25, -0.2) is 4.79 Å². The zero-order valence-electron chi connectivity index (χ0n) is 13.3. The first-order chi connectivity index (χ1) is 10.6. The van der Waals surface area contributed by atoms with Gasteiger partial charge in [-0.15, -0.1) is 0 Å². The highest BCUT2D eigenvalue weighted by molar-refractivity contribution is 5.93. The first kappa shape index (κ1) is 16.6. The minimum atomic E-state index is -0.400. The van der Waals surface area contributed by atoms with E-state index < -0.39 is 5.97 Å². The molecule has 1 aromatic rings. The van der Waals surface area contributed by atoms with Crippen molar-refractivity contribution in [2.45, 2.75) is 13.3 Å². The van der Waals surface area contributed by atoms with Crippen molar-refractivity contribution in [1.29, 1.82) is 0 Å². The minimum absolute atomic E-state index is 0.400. The van der Waals surface area contributed by atoms with Crippen molar-refractivity contribution in [3.63, 3.8) is 0 Å².